The largest absolute Gasteiger partial charge is 0.508 e. The number of benzene rings is 2. The first-order valence-corrected chi connectivity index (χ1v) is 6.02. The van der Waals surface area contributed by atoms with Crippen molar-refractivity contribution in [2.45, 2.75) is 6.42 Å². The number of nitrogens with two attached hydrogens (primary N) is 1. The lowest BCUT2D eigenvalue weighted by Gasteiger charge is -2.06. The lowest BCUT2D eigenvalue weighted by atomic mass is 10.1. The Morgan fingerprint density at radius 2 is 1.60 bits per heavy atom. The number of anilines is 1. The summed E-state index contributed by atoms with van der Waals surface area (Å²) in [5.74, 6) is -0.523. The van der Waals surface area contributed by atoms with Gasteiger partial charge in [0.05, 0.1) is 6.42 Å². The number of phenols is 1. The predicted molar refractivity (Wildman–Crippen MR) is 75.4 cm³/mol. The van der Waals surface area contributed by atoms with Crippen LogP contribution in [0, 0.1) is 0 Å². The van der Waals surface area contributed by atoms with Crippen molar-refractivity contribution in [1.29, 1.82) is 0 Å². The normalized spacial score (nSPS) is 10.0. The summed E-state index contributed by atoms with van der Waals surface area (Å²) in [6.45, 7) is 0. The van der Waals surface area contributed by atoms with Crippen LogP contribution in [-0.4, -0.2) is 16.9 Å². The van der Waals surface area contributed by atoms with Crippen LogP contribution in [0.25, 0.3) is 0 Å². The van der Waals surface area contributed by atoms with Crippen molar-refractivity contribution in [2.24, 2.45) is 5.73 Å². The molecule has 0 aliphatic heterocycles. The first-order chi connectivity index (χ1) is 9.54. The second-order valence-electron chi connectivity index (χ2n) is 4.33. The van der Waals surface area contributed by atoms with Crippen molar-refractivity contribution < 1.29 is 14.7 Å². The maximum atomic E-state index is 11.8. The molecule has 0 unspecified atom stereocenters. The fourth-order valence-corrected chi connectivity index (χ4v) is 1.72. The van der Waals surface area contributed by atoms with Crippen molar-refractivity contribution >= 4 is 17.5 Å². The molecule has 0 saturated carbocycles. The zero-order valence-electron chi connectivity index (χ0n) is 10.7. The van der Waals surface area contributed by atoms with E-state index in [0.29, 0.717) is 11.3 Å². The number of carbonyl (C=O) groups excluding carboxylic acids is 2. The molecule has 2 amide bonds. The minimum absolute atomic E-state index is 0.163. The van der Waals surface area contributed by atoms with Crippen molar-refractivity contribution in [3.8, 4) is 5.75 Å². The van der Waals surface area contributed by atoms with Crippen LogP contribution in [0.1, 0.15) is 15.9 Å². The molecule has 0 heterocycles. The van der Waals surface area contributed by atoms with Gasteiger partial charge in [-0.1, -0.05) is 12.1 Å². The van der Waals surface area contributed by atoms with Gasteiger partial charge in [0.1, 0.15) is 5.75 Å². The number of hydrogen-bond donors (Lipinski definition) is 3. The van der Waals surface area contributed by atoms with Crippen LogP contribution in [0.5, 0.6) is 5.75 Å². The topological polar surface area (TPSA) is 92.4 Å². The van der Waals surface area contributed by atoms with Crippen LogP contribution in [0.4, 0.5) is 5.69 Å². The number of amides is 2. The molecule has 0 aromatic heterocycles. The molecule has 0 fully saturated rings. The Balaban J connectivity index is 1.97. The molecule has 102 valence electrons. The molecule has 2 rings (SSSR count). The van der Waals surface area contributed by atoms with Crippen LogP contribution in [-0.2, 0) is 11.2 Å². The highest BCUT2D eigenvalue weighted by Gasteiger charge is 2.05. The average Bonchev–Trinajstić information content (AvgIpc) is 2.42. The van der Waals surface area contributed by atoms with Gasteiger partial charge in [0, 0.05) is 11.3 Å². The molecular weight excluding hydrogens is 256 g/mol. The highest BCUT2D eigenvalue weighted by Crippen LogP contribution is 2.12. The van der Waals surface area contributed by atoms with Crippen molar-refractivity contribution in [1.82, 2.24) is 0 Å². The van der Waals surface area contributed by atoms with E-state index in [2.05, 4.69) is 5.32 Å². The third-order valence-corrected chi connectivity index (χ3v) is 2.75. The Kier molecular flexibility index (Phi) is 4.00. The van der Waals surface area contributed by atoms with Crippen molar-refractivity contribution in [2.75, 3.05) is 5.32 Å². The summed E-state index contributed by atoms with van der Waals surface area (Å²) in [6, 6.07) is 12.8. The molecule has 20 heavy (non-hydrogen) atoms. The van der Waals surface area contributed by atoms with Gasteiger partial charge >= 0.3 is 0 Å². The number of nitrogens with one attached hydrogen (secondary N) is 1. The zero-order chi connectivity index (χ0) is 14.5. The first kappa shape index (κ1) is 13.6. The molecule has 2 aromatic carbocycles. The van der Waals surface area contributed by atoms with E-state index in [-0.39, 0.29) is 18.1 Å². The number of hydrogen-bond acceptors (Lipinski definition) is 3. The molecule has 0 atom stereocenters. The molecule has 0 spiro atoms. The lowest BCUT2D eigenvalue weighted by Crippen LogP contribution is -2.15. The van der Waals surface area contributed by atoms with Crippen molar-refractivity contribution in [3.05, 3.63) is 59.7 Å². The van der Waals surface area contributed by atoms with E-state index in [1.54, 1.807) is 36.4 Å². The fourth-order valence-electron chi connectivity index (χ4n) is 1.72. The Morgan fingerprint density at radius 1 is 1.00 bits per heavy atom. The van der Waals surface area contributed by atoms with Crippen LogP contribution >= 0.6 is 0 Å². The number of carbonyl (C=O) groups is 2. The van der Waals surface area contributed by atoms with Gasteiger partial charge in [-0.3, -0.25) is 9.59 Å². The number of primary amides is 1. The zero-order valence-corrected chi connectivity index (χ0v) is 10.7. The maximum absolute atomic E-state index is 11.8. The lowest BCUT2D eigenvalue weighted by molar-refractivity contribution is -0.115. The van der Waals surface area contributed by atoms with E-state index in [9.17, 15) is 9.59 Å². The fraction of sp³-hybridized carbons (Fsp3) is 0.0667. The number of aromatic hydroxyl groups is 1. The molecule has 0 aliphatic rings. The minimum atomic E-state index is -0.507. The molecule has 5 nitrogen and oxygen atoms in total. The van der Waals surface area contributed by atoms with Crippen LogP contribution < -0.4 is 11.1 Å². The van der Waals surface area contributed by atoms with Gasteiger partial charge in [-0.2, -0.15) is 0 Å². The van der Waals surface area contributed by atoms with Crippen LogP contribution in [0.15, 0.2) is 48.5 Å². The molecule has 2 aromatic rings. The van der Waals surface area contributed by atoms with E-state index >= 15 is 0 Å². The van der Waals surface area contributed by atoms with Gasteiger partial charge in [0.15, 0.2) is 0 Å². The molecule has 0 aliphatic carbocycles. The predicted octanol–water partition coefficient (Wildman–Crippen LogP) is 1.67. The van der Waals surface area contributed by atoms with Gasteiger partial charge in [0.2, 0.25) is 11.8 Å². The Labute approximate surface area is 116 Å². The molecule has 0 radical (unpaired) electrons. The Bertz CT molecular complexity index is 619. The summed E-state index contributed by atoms with van der Waals surface area (Å²) < 4.78 is 0. The number of rotatable bonds is 4. The van der Waals surface area contributed by atoms with Gasteiger partial charge < -0.3 is 16.2 Å². The van der Waals surface area contributed by atoms with Crippen LogP contribution in [0.2, 0.25) is 0 Å². The minimum Gasteiger partial charge on any atom is -0.508 e. The second-order valence-corrected chi connectivity index (χ2v) is 4.33. The first-order valence-electron chi connectivity index (χ1n) is 6.02. The summed E-state index contributed by atoms with van der Waals surface area (Å²) in [6.07, 6.45) is 0.206. The monoisotopic (exact) mass is 270 g/mol. The van der Waals surface area contributed by atoms with E-state index in [1.165, 1.54) is 12.1 Å². The molecule has 5 heteroatoms. The summed E-state index contributed by atoms with van der Waals surface area (Å²) in [4.78, 5) is 22.7. The third kappa shape index (κ3) is 3.58. The highest BCUT2D eigenvalue weighted by molar-refractivity contribution is 5.95. The maximum Gasteiger partial charge on any atom is 0.248 e. The quantitative estimate of drug-likeness (QED) is 0.789. The van der Waals surface area contributed by atoms with Gasteiger partial charge in [-0.05, 0) is 42.0 Å². The van der Waals surface area contributed by atoms with Crippen molar-refractivity contribution in [3.63, 3.8) is 0 Å². The SMILES string of the molecule is NC(=O)c1ccc(NC(=O)Cc2ccc(O)cc2)cc1. The summed E-state index contributed by atoms with van der Waals surface area (Å²) in [7, 11) is 0. The molecule has 4 N–H and O–H groups in total. The average molecular weight is 270 g/mol. The van der Waals surface area contributed by atoms with E-state index in [1.807, 2.05) is 0 Å². The summed E-state index contributed by atoms with van der Waals surface area (Å²) in [5.41, 5.74) is 6.92. The van der Waals surface area contributed by atoms with E-state index in [4.69, 9.17) is 10.8 Å². The van der Waals surface area contributed by atoms with Gasteiger partial charge in [0.25, 0.3) is 0 Å². The second kappa shape index (κ2) is 5.88. The molecule has 0 saturated heterocycles. The standard InChI is InChI=1S/C15H14N2O3/c16-15(20)11-3-5-12(6-4-11)17-14(19)9-10-1-7-13(18)8-2-10/h1-8,18H,9H2,(H2,16,20)(H,17,19). The Hall–Kier alpha value is -2.82. The highest BCUT2D eigenvalue weighted by atomic mass is 16.3. The van der Waals surface area contributed by atoms with E-state index in [0.717, 1.165) is 5.56 Å². The number of phenolic OH excluding ortho intramolecular Hbond substituents is 1. The third-order valence-electron chi connectivity index (χ3n) is 2.75. The van der Waals surface area contributed by atoms with E-state index < -0.39 is 5.91 Å². The summed E-state index contributed by atoms with van der Waals surface area (Å²) in [5, 5.41) is 11.9. The van der Waals surface area contributed by atoms with Gasteiger partial charge in [-0.15, -0.1) is 0 Å². The Morgan fingerprint density at radius 3 is 2.15 bits per heavy atom. The smallest absolute Gasteiger partial charge is 0.248 e. The molecule has 0 bridgehead atoms. The summed E-state index contributed by atoms with van der Waals surface area (Å²) >= 11 is 0. The molecular formula is C15H14N2O3. The van der Waals surface area contributed by atoms with Crippen LogP contribution in [0.3, 0.4) is 0 Å². The van der Waals surface area contributed by atoms with Gasteiger partial charge in [-0.25, -0.2) is 0 Å².